The van der Waals surface area contributed by atoms with Gasteiger partial charge in [-0.15, -0.1) is 0 Å². The van der Waals surface area contributed by atoms with Gasteiger partial charge in [0.2, 0.25) is 11.8 Å². The number of benzene rings is 4. The van der Waals surface area contributed by atoms with Crippen LogP contribution in [0.15, 0.2) is 108 Å². The molecule has 0 heterocycles. The first-order valence-corrected chi connectivity index (χ1v) is 16.9. The molecule has 2 amide bonds. The van der Waals surface area contributed by atoms with Crippen molar-refractivity contribution >= 4 is 62.3 Å². The summed E-state index contributed by atoms with van der Waals surface area (Å²) in [7, 11) is -4.29. The van der Waals surface area contributed by atoms with E-state index in [-0.39, 0.29) is 40.4 Å². The Balaban J connectivity index is 1.82. The van der Waals surface area contributed by atoms with Crippen LogP contribution in [0.5, 0.6) is 0 Å². The number of nitrogens with zero attached hydrogens (tertiary/aromatic N) is 2. The van der Waals surface area contributed by atoms with E-state index in [4.69, 9.17) is 34.8 Å². The van der Waals surface area contributed by atoms with Gasteiger partial charge in [-0.25, -0.2) is 8.42 Å². The molecule has 4 aromatic rings. The van der Waals surface area contributed by atoms with Gasteiger partial charge in [0.1, 0.15) is 12.6 Å². The predicted molar refractivity (Wildman–Crippen MR) is 181 cm³/mol. The molecule has 0 aliphatic rings. The molecular weight excluding hydrogens is 653 g/mol. The molecule has 0 unspecified atom stereocenters. The summed E-state index contributed by atoms with van der Waals surface area (Å²) in [6.07, 6.45) is 0.189. The highest BCUT2D eigenvalue weighted by Crippen LogP contribution is 2.33. The van der Waals surface area contributed by atoms with Gasteiger partial charge in [-0.05, 0) is 53.4 Å². The standard InChI is InChI=1S/C34H34Cl3N3O4S/c1-24(2)21-38-34(42)32(19-25-11-5-3-6-12-25)39(22-26-13-9-10-16-29(26)36)33(41)23-40(31-18-17-27(35)20-30(31)37)45(43,44)28-14-7-4-8-15-28/h3-18,20,24,32H,19,21-23H2,1-2H3,(H,38,42)/t32-/m1/s1. The van der Waals surface area contributed by atoms with Crippen molar-refractivity contribution in [2.24, 2.45) is 5.92 Å². The van der Waals surface area contributed by atoms with Crippen LogP contribution in [-0.4, -0.2) is 44.3 Å². The molecule has 0 bridgehead atoms. The normalized spacial score (nSPS) is 12.0. The van der Waals surface area contributed by atoms with Gasteiger partial charge < -0.3 is 10.2 Å². The lowest BCUT2D eigenvalue weighted by Crippen LogP contribution is -2.53. The van der Waals surface area contributed by atoms with Gasteiger partial charge in [0.05, 0.1) is 15.6 Å². The first-order valence-electron chi connectivity index (χ1n) is 14.3. The third-order valence-corrected chi connectivity index (χ3v) is 9.72. The number of halogens is 3. The Morgan fingerprint density at radius 2 is 1.42 bits per heavy atom. The zero-order valence-corrected chi connectivity index (χ0v) is 28.0. The number of carbonyl (C=O) groups is 2. The predicted octanol–water partition coefficient (Wildman–Crippen LogP) is 7.25. The quantitative estimate of drug-likeness (QED) is 0.161. The summed E-state index contributed by atoms with van der Waals surface area (Å²) < 4.78 is 29.1. The van der Waals surface area contributed by atoms with E-state index in [2.05, 4.69) is 5.32 Å². The van der Waals surface area contributed by atoms with Crippen molar-refractivity contribution < 1.29 is 18.0 Å². The second-order valence-corrected chi connectivity index (χ2v) is 14.0. The van der Waals surface area contributed by atoms with Gasteiger partial charge in [0.25, 0.3) is 10.0 Å². The molecule has 4 rings (SSSR count). The van der Waals surface area contributed by atoms with Crippen molar-refractivity contribution in [3.8, 4) is 0 Å². The Hall–Kier alpha value is -3.56. The van der Waals surface area contributed by atoms with Gasteiger partial charge in [-0.3, -0.25) is 13.9 Å². The average Bonchev–Trinajstić information content (AvgIpc) is 3.02. The van der Waals surface area contributed by atoms with E-state index >= 15 is 0 Å². The Morgan fingerprint density at radius 3 is 2.04 bits per heavy atom. The van der Waals surface area contributed by atoms with Crippen LogP contribution in [0.25, 0.3) is 0 Å². The van der Waals surface area contributed by atoms with Gasteiger partial charge >= 0.3 is 0 Å². The number of nitrogens with one attached hydrogen (secondary N) is 1. The first-order chi connectivity index (χ1) is 21.5. The van der Waals surface area contributed by atoms with Crippen molar-refractivity contribution in [2.75, 3.05) is 17.4 Å². The summed E-state index contributed by atoms with van der Waals surface area (Å²) in [6.45, 7) is 3.65. The zero-order chi connectivity index (χ0) is 32.6. The lowest BCUT2D eigenvalue weighted by atomic mass is 10.0. The Kier molecular flexibility index (Phi) is 11.9. The second kappa shape index (κ2) is 15.6. The smallest absolute Gasteiger partial charge is 0.264 e. The molecule has 0 fully saturated rings. The van der Waals surface area contributed by atoms with Crippen molar-refractivity contribution in [2.45, 2.75) is 37.8 Å². The molecule has 11 heteroatoms. The van der Waals surface area contributed by atoms with E-state index in [0.717, 1.165) is 9.87 Å². The summed E-state index contributed by atoms with van der Waals surface area (Å²) in [4.78, 5) is 29.7. The number of rotatable bonds is 13. The minimum Gasteiger partial charge on any atom is -0.354 e. The fourth-order valence-electron chi connectivity index (χ4n) is 4.70. The summed E-state index contributed by atoms with van der Waals surface area (Å²) in [5, 5.41) is 3.72. The molecule has 1 N–H and O–H groups in total. The Labute approximate surface area is 279 Å². The summed E-state index contributed by atoms with van der Waals surface area (Å²) in [5.74, 6) is -0.825. The third kappa shape index (κ3) is 9.01. The molecule has 0 spiro atoms. The van der Waals surface area contributed by atoms with Crippen LogP contribution < -0.4 is 9.62 Å². The van der Waals surface area contributed by atoms with Crippen LogP contribution in [0.3, 0.4) is 0 Å². The summed E-state index contributed by atoms with van der Waals surface area (Å²) in [6, 6.07) is 27.5. The fourth-order valence-corrected chi connectivity index (χ4v) is 6.91. The van der Waals surface area contributed by atoms with Crippen LogP contribution in [0, 0.1) is 5.92 Å². The van der Waals surface area contributed by atoms with Crippen LogP contribution in [0.1, 0.15) is 25.0 Å². The van der Waals surface area contributed by atoms with E-state index in [0.29, 0.717) is 22.2 Å². The lowest BCUT2D eigenvalue weighted by Gasteiger charge is -2.34. The molecule has 0 aliphatic carbocycles. The van der Waals surface area contributed by atoms with Crippen LogP contribution in [0.4, 0.5) is 5.69 Å². The maximum atomic E-state index is 14.5. The Morgan fingerprint density at radius 1 is 0.800 bits per heavy atom. The lowest BCUT2D eigenvalue weighted by molar-refractivity contribution is -0.140. The van der Waals surface area contributed by atoms with Crippen molar-refractivity contribution in [3.63, 3.8) is 0 Å². The highest BCUT2D eigenvalue weighted by Gasteiger charge is 2.35. The average molecular weight is 687 g/mol. The molecule has 0 aliphatic heterocycles. The van der Waals surface area contributed by atoms with Gasteiger partial charge in [-0.1, -0.05) is 115 Å². The maximum absolute atomic E-state index is 14.5. The van der Waals surface area contributed by atoms with E-state index in [1.54, 1.807) is 42.5 Å². The van der Waals surface area contributed by atoms with E-state index in [1.807, 2.05) is 44.2 Å². The van der Waals surface area contributed by atoms with Gasteiger partial charge in [-0.2, -0.15) is 0 Å². The maximum Gasteiger partial charge on any atom is 0.264 e. The number of sulfonamides is 1. The van der Waals surface area contributed by atoms with E-state index in [1.165, 1.54) is 35.2 Å². The van der Waals surface area contributed by atoms with Crippen molar-refractivity contribution in [1.82, 2.24) is 10.2 Å². The van der Waals surface area contributed by atoms with E-state index < -0.39 is 28.5 Å². The molecule has 0 aromatic heterocycles. The molecule has 7 nitrogen and oxygen atoms in total. The van der Waals surface area contributed by atoms with Crippen LogP contribution in [-0.2, 0) is 32.6 Å². The van der Waals surface area contributed by atoms with Gasteiger partial charge in [0, 0.05) is 29.6 Å². The van der Waals surface area contributed by atoms with E-state index in [9.17, 15) is 18.0 Å². The largest absolute Gasteiger partial charge is 0.354 e. The number of amides is 2. The highest BCUT2D eigenvalue weighted by atomic mass is 35.5. The first kappa shape index (κ1) is 34.3. The van der Waals surface area contributed by atoms with Gasteiger partial charge in [0.15, 0.2) is 0 Å². The minimum atomic E-state index is -4.29. The molecule has 0 saturated heterocycles. The fraction of sp³-hybridized carbons (Fsp3) is 0.235. The van der Waals surface area contributed by atoms with Crippen molar-refractivity contribution in [3.05, 3.63) is 129 Å². The second-order valence-electron chi connectivity index (χ2n) is 10.9. The van der Waals surface area contributed by atoms with Crippen LogP contribution in [0.2, 0.25) is 15.1 Å². The number of anilines is 1. The Bertz CT molecular complexity index is 1720. The van der Waals surface area contributed by atoms with Crippen molar-refractivity contribution in [1.29, 1.82) is 0 Å². The number of hydrogen-bond acceptors (Lipinski definition) is 4. The number of hydrogen-bond donors (Lipinski definition) is 1. The highest BCUT2D eigenvalue weighted by molar-refractivity contribution is 7.92. The molecule has 0 saturated carbocycles. The molecular formula is C34H34Cl3N3O4S. The number of carbonyl (C=O) groups excluding carboxylic acids is 2. The molecule has 4 aromatic carbocycles. The zero-order valence-electron chi connectivity index (χ0n) is 24.9. The molecule has 0 radical (unpaired) electrons. The SMILES string of the molecule is CC(C)CNC(=O)[C@@H](Cc1ccccc1)N(Cc1ccccc1Cl)C(=O)CN(c1ccc(Cl)cc1Cl)S(=O)(=O)c1ccccc1. The van der Waals surface area contributed by atoms with Crippen LogP contribution >= 0.6 is 34.8 Å². The molecule has 1 atom stereocenters. The summed E-state index contributed by atoms with van der Waals surface area (Å²) >= 11 is 19.2. The minimum absolute atomic E-state index is 0.0306. The molecule has 45 heavy (non-hydrogen) atoms. The molecule has 236 valence electrons. The third-order valence-electron chi connectivity index (χ3n) is 7.04. The monoisotopic (exact) mass is 685 g/mol. The topological polar surface area (TPSA) is 86.8 Å². The summed E-state index contributed by atoms with van der Waals surface area (Å²) in [5.41, 5.74) is 1.50.